The first-order valence-electron chi connectivity index (χ1n) is 8.23. The van der Waals surface area contributed by atoms with E-state index in [1.165, 1.54) is 0 Å². The average Bonchev–Trinajstić information content (AvgIpc) is 2.82. The van der Waals surface area contributed by atoms with E-state index in [-0.39, 0.29) is 5.91 Å². The van der Waals surface area contributed by atoms with Crippen LogP contribution in [0.1, 0.15) is 11.4 Å². The molecule has 0 atom stereocenters. The van der Waals surface area contributed by atoms with Crippen molar-refractivity contribution in [2.45, 2.75) is 13.8 Å². The van der Waals surface area contributed by atoms with Crippen molar-refractivity contribution >= 4 is 17.4 Å². The molecule has 1 N–H and O–H groups in total. The van der Waals surface area contributed by atoms with Gasteiger partial charge in [0.05, 0.1) is 23.6 Å². The highest BCUT2D eigenvalue weighted by atomic mass is 16.2. The fraction of sp³-hybridized carbons (Fsp3) is 0.471. The number of aryl methyl sites for hydroxylation is 2. The lowest BCUT2D eigenvalue weighted by Gasteiger charge is -2.34. The molecule has 1 aliphatic rings. The van der Waals surface area contributed by atoms with Gasteiger partial charge in [0.25, 0.3) is 0 Å². The Kier molecular flexibility index (Phi) is 4.80. The third kappa shape index (κ3) is 3.56. The molecule has 1 saturated heterocycles. The van der Waals surface area contributed by atoms with Gasteiger partial charge in [0.15, 0.2) is 0 Å². The molecule has 0 bridgehead atoms. The Morgan fingerprint density at radius 1 is 1.21 bits per heavy atom. The van der Waals surface area contributed by atoms with Gasteiger partial charge in [-0.3, -0.25) is 14.4 Å². The smallest absolute Gasteiger partial charge is 0.238 e. The van der Waals surface area contributed by atoms with Crippen molar-refractivity contribution in [1.29, 1.82) is 0 Å². The first-order valence-corrected chi connectivity index (χ1v) is 8.23. The molecule has 1 aliphatic heterocycles. The Morgan fingerprint density at radius 2 is 1.96 bits per heavy atom. The second-order valence-electron chi connectivity index (χ2n) is 6.17. The molecule has 3 rings (SSSR count). The third-order valence-corrected chi connectivity index (χ3v) is 4.49. The monoisotopic (exact) mass is 328 g/mol. The summed E-state index contributed by atoms with van der Waals surface area (Å²) in [6.45, 7) is 7.76. The lowest BCUT2D eigenvalue weighted by atomic mass is 10.3. The molecule has 128 valence electrons. The summed E-state index contributed by atoms with van der Waals surface area (Å²) < 4.78 is 1.79. The van der Waals surface area contributed by atoms with Crippen LogP contribution in [0.25, 0.3) is 0 Å². The van der Waals surface area contributed by atoms with E-state index < -0.39 is 0 Å². The molecule has 3 heterocycles. The Labute approximate surface area is 142 Å². The number of carbonyl (C=O) groups is 1. The van der Waals surface area contributed by atoms with Gasteiger partial charge in [-0.25, -0.2) is 4.98 Å². The van der Waals surface area contributed by atoms with Crippen molar-refractivity contribution in [3.63, 3.8) is 0 Å². The van der Waals surface area contributed by atoms with E-state index in [1.807, 2.05) is 45.3 Å². The van der Waals surface area contributed by atoms with Crippen LogP contribution >= 0.6 is 0 Å². The molecular formula is C17H24N6O. The van der Waals surface area contributed by atoms with Crippen LogP contribution in [0.3, 0.4) is 0 Å². The molecule has 0 aliphatic carbocycles. The summed E-state index contributed by atoms with van der Waals surface area (Å²) in [6.07, 6.45) is 1.81. The maximum atomic E-state index is 12.3. The zero-order valence-corrected chi connectivity index (χ0v) is 14.5. The van der Waals surface area contributed by atoms with E-state index in [1.54, 1.807) is 4.68 Å². The molecule has 7 heteroatoms. The largest absolute Gasteiger partial charge is 0.354 e. The maximum absolute atomic E-state index is 12.3. The lowest BCUT2D eigenvalue weighted by Crippen LogP contribution is -2.48. The molecule has 1 amide bonds. The zero-order chi connectivity index (χ0) is 17.1. The van der Waals surface area contributed by atoms with Crippen LogP contribution in [-0.2, 0) is 11.8 Å². The molecule has 0 radical (unpaired) electrons. The Bertz CT molecular complexity index is 703. The summed E-state index contributed by atoms with van der Waals surface area (Å²) in [6, 6.07) is 5.95. The van der Waals surface area contributed by atoms with Gasteiger partial charge in [0, 0.05) is 39.4 Å². The summed E-state index contributed by atoms with van der Waals surface area (Å²) in [5, 5.41) is 7.33. The molecule has 7 nitrogen and oxygen atoms in total. The van der Waals surface area contributed by atoms with E-state index in [4.69, 9.17) is 0 Å². The van der Waals surface area contributed by atoms with E-state index in [9.17, 15) is 4.79 Å². The van der Waals surface area contributed by atoms with Crippen LogP contribution in [-0.4, -0.2) is 58.3 Å². The predicted molar refractivity (Wildman–Crippen MR) is 94.2 cm³/mol. The van der Waals surface area contributed by atoms with Crippen molar-refractivity contribution in [2.24, 2.45) is 7.05 Å². The number of carbonyl (C=O) groups excluding carboxylic acids is 1. The SMILES string of the molecule is Cc1nn(C)c(C)c1NC(=O)CN1CCN(c2ccccn2)CC1. The molecule has 24 heavy (non-hydrogen) atoms. The van der Waals surface area contributed by atoms with Gasteiger partial charge >= 0.3 is 0 Å². The van der Waals surface area contributed by atoms with Crippen LogP contribution in [0.15, 0.2) is 24.4 Å². The maximum Gasteiger partial charge on any atom is 0.238 e. The minimum Gasteiger partial charge on any atom is -0.354 e. The highest BCUT2D eigenvalue weighted by molar-refractivity contribution is 5.93. The molecule has 0 spiro atoms. The van der Waals surface area contributed by atoms with E-state index in [2.05, 4.69) is 25.2 Å². The summed E-state index contributed by atoms with van der Waals surface area (Å²) in [4.78, 5) is 21.1. The fourth-order valence-electron chi connectivity index (χ4n) is 3.01. The summed E-state index contributed by atoms with van der Waals surface area (Å²) in [7, 11) is 1.88. The number of aromatic nitrogens is 3. The number of anilines is 2. The zero-order valence-electron chi connectivity index (χ0n) is 14.5. The number of pyridine rings is 1. The molecular weight excluding hydrogens is 304 g/mol. The Hall–Kier alpha value is -2.41. The molecule has 1 fully saturated rings. The van der Waals surface area contributed by atoms with Crippen LogP contribution in [0.2, 0.25) is 0 Å². The van der Waals surface area contributed by atoms with Crippen molar-refractivity contribution in [1.82, 2.24) is 19.7 Å². The number of rotatable bonds is 4. The number of hydrogen-bond donors (Lipinski definition) is 1. The molecule has 0 aromatic carbocycles. The van der Waals surface area contributed by atoms with Crippen LogP contribution in [0, 0.1) is 13.8 Å². The van der Waals surface area contributed by atoms with Gasteiger partial charge in [-0.1, -0.05) is 6.07 Å². The third-order valence-electron chi connectivity index (χ3n) is 4.49. The van der Waals surface area contributed by atoms with Crippen molar-refractivity contribution < 1.29 is 4.79 Å². The second kappa shape index (κ2) is 7.00. The van der Waals surface area contributed by atoms with Crippen LogP contribution < -0.4 is 10.2 Å². The number of nitrogens with zero attached hydrogens (tertiary/aromatic N) is 5. The van der Waals surface area contributed by atoms with E-state index in [0.29, 0.717) is 6.54 Å². The highest BCUT2D eigenvalue weighted by Crippen LogP contribution is 2.18. The minimum absolute atomic E-state index is 0.0143. The first kappa shape index (κ1) is 16.4. The summed E-state index contributed by atoms with van der Waals surface area (Å²) in [5.74, 6) is 1.02. The van der Waals surface area contributed by atoms with Gasteiger partial charge < -0.3 is 10.2 Å². The van der Waals surface area contributed by atoms with Gasteiger partial charge in [0.2, 0.25) is 5.91 Å². The van der Waals surface area contributed by atoms with Crippen molar-refractivity contribution in [3.05, 3.63) is 35.8 Å². The number of hydrogen-bond acceptors (Lipinski definition) is 5. The number of amides is 1. The number of nitrogens with one attached hydrogen (secondary N) is 1. The summed E-state index contributed by atoms with van der Waals surface area (Å²) >= 11 is 0. The molecule has 0 unspecified atom stereocenters. The standard InChI is InChI=1S/C17H24N6O/c1-13-17(14(2)21(3)20-13)19-16(24)12-22-8-10-23(11-9-22)15-6-4-5-7-18-15/h4-7H,8-12H2,1-3H3,(H,19,24). The quantitative estimate of drug-likeness (QED) is 0.913. The molecule has 2 aromatic heterocycles. The predicted octanol–water partition coefficient (Wildman–Crippen LogP) is 1.19. The van der Waals surface area contributed by atoms with Gasteiger partial charge in [-0.2, -0.15) is 5.10 Å². The Balaban J connectivity index is 1.52. The average molecular weight is 328 g/mol. The van der Waals surface area contributed by atoms with Crippen molar-refractivity contribution in [3.8, 4) is 0 Å². The molecule has 0 saturated carbocycles. The number of piperazine rings is 1. The second-order valence-corrected chi connectivity index (χ2v) is 6.17. The van der Waals surface area contributed by atoms with Gasteiger partial charge in [-0.05, 0) is 26.0 Å². The van der Waals surface area contributed by atoms with Gasteiger partial charge in [-0.15, -0.1) is 0 Å². The summed E-state index contributed by atoms with van der Waals surface area (Å²) in [5.41, 5.74) is 2.65. The highest BCUT2D eigenvalue weighted by Gasteiger charge is 2.20. The van der Waals surface area contributed by atoms with E-state index >= 15 is 0 Å². The van der Waals surface area contributed by atoms with Crippen LogP contribution in [0.5, 0.6) is 0 Å². The topological polar surface area (TPSA) is 66.3 Å². The van der Waals surface area contributed by atoms with Gasteiger partial charge in [0.1, 0.15) is 5.82 Å². The Morgan fingerprint density at radius 3 is 2.54 bits per heavy atom. The van der Waals surface area contributed by atoms with Crippen molar-refractivity contribution in [2.75, 3.05) is 42.9 Å². The molecule has 2 aromatic rings. The fourth-order valence-corrected chi connectivity index (χ4v) is 3.01. The first-order chi connectivity index (χ1) is 11.5. The van der Waals surface area contributed by atoms with E-state index in [0.717, 1.165) is 49.1 Å². The van der Waals surface area contributed by atoms with Crippen LogP contribution in [0.4, 0.5) is 11.5 Å². The normalized spacial score (nSPS) is 15.5. The lowest BCUT2D eigenvalue weighted by molar-refractivity contribution is -0.117. The minimum atomic E-state index is 0.0143.